The number of amides is 1. The van der Waals surface area contributed by atoms with Crippen molar-refractivity contribution in [2.45, 2.75) is 19.7 Å². The molecule has 0 aliphatic heterocycles. The summed E-state index contributed by atoms with van der Waals surface area (Å²) in [6.45, 7) is 0.200. The number of rotatable bonds is 5. The van der Waals surface area contributed by atoms with Gasteiger partial charge in [0.05, 0.1) is 17.6 Å². The van der Waals surface area contributed by atoms with Crippen molar-refractivity contribution in [1.82, 2.24) is 14.5 Å². The predicted octanol–water partition coefficient (Wildman–Crippen LogP) is 1.15. The first-order valence-corrected chi connectivity index (χ1v) is 7.70. The maximum absolute atomic E-state index is 12.3. The van der Waals surface area contributed by atoms with E-state index in [1.807, 2.05) is 48.5 Å². The van der Waals surface area contributed by atoms with Gasteiger partial charge in [-0.3, -0.25) is 13.9 Å². The molecule has 1 aromatic heterocycles. The van der Waals surface area contributed by atoms with Gasteiger partial charge in [0.25, 0.3) is 0 Å². The average Bonchev–Trinajstić information content (AvgIpc) is 2.85. The van der Waals surface area contributed by atoms with Gasteiger partial charge in [-0.2, -0.15) is 0 Å². The highest BCUT2D eigenvalue weighted by molar-refractivity contribution is 5.80. The highest BCUT2D eigenvalue weighted by Gasteiger charge is 2.13. The maximum Gasteiger partial charge on any atom is 0.329 e. The summed E-state index contributed by atoms with van der Waals surface area (Å²) < 4.78 is 2.99. The molecule has 1 heterocycles. The van der Waals surface area contributed by atoms with E-state index in [4.69, 9.17) is 0 Å². The van der Waals surface area contributed by atoms with E-state index >= 15 is 0 Å². The van der Waals surface area contributed by atoms with Crippen LogP contribution in [0, 0.1) is 0 Å². The molecule has 6 heteroatoms. The zero-order valence-corrected chi connectivity index (χ0v) is 13.4. The molecule has 3 aromatic rings. The lowest BCUT2D eigenvalue weighted by atomic mass is 10.1. The number of aromatic nitrogens is 2. The second kappa shape index (κ2) is 6.72. The largest absolute Gasteiger partial charge is 0.392 e. The number of hydrogen-bond acceptors (Lipinski definition) is 3. The number of benzene rings is 2. The van der Waals surface area contributed by atoms with E-state index in [0.717, 1.165) is 22.2 Å². The van der Waals surface area contributed by atoms with E-state index in [9.17, 15) is 14.7 Å². The van der Waals surface area contributed by atoms with Crippen LogP contribution in [0.3, 0.4) is 0 Å². The molecule has 2 aromatic carbocycles. The number of aliphatic hydroxyl groups excluding tert-OH is 1. The summed E-state index contributed by atoms with van der Waals surface area (Å²) in [7, 11) is 1.69. The van der Waals surface area contributed by atoms with Crippen molar-refractivity contribution in [3.05, 3.63) is 70.1 Å². The summed E-state index contributed by atoms with van der Waals surface area (Å²) in [5, 5.41) is 12.1. The summed E-state index contributed by atoms with van der Waals surface area (Å²) in [5.41, 5.74) is 2.94. The Hall–Kier alpha value is -2.86. The molecular weight excluding hydrogens is 306 g/mol. The molecular formula is C18H19N3O3. The van der Waals surface area contributed by atoms with Gasteiger partial charge in [-0.15, -0.1) is 0 Å². The molecule has 3 rings (SSSR count). The van der Waals surface area contributed by atoms with Crippen molar-refractivity contribution < 1.29 is 9.90 Å². The fourth-order valence-electron chi connectivity index (χ4n) is 2.79. The predicted molar refractivity (Wildman–Crippen MR) is 91.4 cm³/mol. The van der Waals surface area contributed by atoms with Gasteiger partial charge < -0.3 is 10.4 Å². The van der Waals surface area contributed by atoms with Crippen LogP contribution in [0.15, 0.2) is 53.3 Å². The van der Waals surface area contributed by atoms with E-state index in [-0.39, 0.29) is 24.7 Å². The van der Waals surface area contributed by atoms with Crippen molar-refractivity contribution >= 4 is 16.9 Å². The van der Waals surface area contributed by atoms with Gasteiger partial charge in [0.15, 0.2) is 0 Å². The number of fused-ring (bicyclic) bond motifs is 1. The number of aryl methyl sites for hydroxylation is 1. The minimum absolute atomic E-state index is 0.0402. The normalized spacial score (nSPS) is 10.9. The Balaban J connectivity index is 1.76. The van der Waals surface area contributed by atoms with Gasteiger partial charge in [0, 0.05) is 13.6 Å². The van der Waals surface area contributed by atoms with E-state index in [1.165, 1.54) is 9.13 Å². The van der Waals surface area contributed by atoms with Crippen molar-refractivity contribution in [2.75, 3.05) is 0 Å². The Morgan fingerprint density at radius 2 is 1.67 bits per heavy atom. The first-order chi connectivity index (χ1) is 11.6. The molecule has 0 aliphatic rings. The molecule has 0 saturated carbocycles. The minimum Gasteiger partial charge on any atom is -0.392 e. The average molecular weight is 325 g/mol. The Bertz CT molecular complexity index is 940. The molecule has 0 saturated heterocycles. The quantitative estimate of drug-likeness (QED) is 0.739. The number of carbonyl (C=O) groups excluding carboxylic acids is 1. The van der Waals surface area contributed by atoms with Crippen LogP contribution in [0.1, 0.15) is 11.1 Å². The lowest BCUT2D eigenvalue weighted by molar-refractivity contribution is -0.121. The minimum atomic E-state index is -0.249. The Labute approximate surface area is 139 Å². The fraction of sp³-hybridized carbons (Fsp3) is 0.222. The molecule has 0 aliphatic carbocycles. The first kappa shape index (κ1) is 16.0. The van der Waals surface area contributed by atoms with Gasteiger partial charge in [0.2, 0.25) is 5.91 Å². The first-order valence-electron chi connectivity index (χ1n) is 7.70. The molecule has 0 bridgehead atoms. The van der Waals surface area contributed by atoms with E-state index in [1.54, 1.807) is 7.05 Å². The van der Waals surface area contributed by atoms with E-state index in [0.29, 0.717) is 6.54 Å². The lowest BCUT2D eigenvalue weighted by Gasteiger charge is -2.09. The molecule has 2 N–H and O–H groups in total. The van der Waals surface area contributed by atoms with Crippen LogP contribution in [0.5, 0.6) is 0 Å². The number of hydrogen-bond donors (Lipinski definition) is 2. The summed E-state index contributed by atoms with van der Waals surface area (Å²) in [6, 6.07) is 14.7. The highest BCUT2D eigenvalue weighted by atomic mass is 16.3. The molecule has 0 radical (unpaired) electrons. The van der Waals surface area contributed by atoms with Crippen molar-refractivity contribution in [3.63, 3.8) is 0 Å². The maximum atomic E-state index is 12.3. The van der Waals surface area contributed by atoms with Crippen LogP contribution in [-0.4, -0.2) is 20.1 Å². The summed E-state index contributed by atoms with van der Waals surface area (Å²) in [5.74, 6) is -0.249. The molecule has 6 nitrogen and oxygen atoms in total. The third-order valence-electron chi connectivity index (χ3n) is 4.12. The topological polar surface area (TPSA) is 76.3 Å². The number of nitrogens with one attached hydrogen (secondary N) is 1. The third-order valence-corrected chi connectivity index (χ3v) is 4.12. The molecule has 0 atom stereocenters. The van der Waals surface area contributed by atoms with Crippen LogP contribution in [-0.2, 0) is 31.5 Å². The zero-order chi connectivity index (χ0) is 17.1. The van der Waals surface area contributed by atoms with E-state index < -0.39 is 0 Å². The van der Waals surface area contributed by atoms with Gasteiger partial charge in [-0.1, -0.05) is 36.4 Å². The fourth-order valence-corrected chi connectivity index (χ4v) is 2.79. The Morgan fingerprint density at radius 3 is 2.38 bits per heavy atom. The molecule has 124 valence electrons. The smallest absolute Gasteiger partial charge is 0.329 e. The van der Waals surface area contributed by atoms with Gasteiger partial charge in [0.1, 0.15) is 6.54 Å². The molecule has 24 heavy (non-hydrogen) atoms. The standard InChI is InChI=1S/C18H19N3O3/c1-20-15-8-4-5-9-16(15)21(18(20)24)11-17(23)19-10-13-6-2-3-7-14(13)12-22/h2-9,22H,10-12H2,1H3,(H,19,23). The van der Waals surface area contributed by atoms with Gasteiger partial charge in [-0.25, -0.2) is 4.79 Å². The van der Waals surface area contributed by atoms with Crippen LogP contribution in [0.2, 0.25) is 0 Å². The van der Waals surface area contributed by atoms with Gasteiger partial charge >= 0.3 is 5.69 Å². The number of para-hydroxylation sites is 2. The summed E-state index contributed by atoms with van der Waals surface area (Å²) >= 11 is 0. The Morgan fingerprint density at radius 1 is 1.04 bits per heavy atom. The summed E-state index contributed by atoms with van der Waals surface area (Å²) in [4.78, 5) is 24.6. The van der Waals surface area contributed by atoms with Crippen molar-refractivity contribution in [1.29, 1.82) is 0 Å². The van der Waals surface area contributed by atoms with E-state index in [2.05, 4.69) is 5.32 Å². The number of nitrogens with zero attached hydrogens (tertiary/aromatic N) is 2. The monoisotopic (exact) mass is 325 g/mol. The van der Waals surface area contributed by atoms with Crippen LogP contribution >= 0.6 is 0 Å². The molecule has 0 unspecified atom stereocenters. The number of carbonyl (C=O) groups is 1. The Kier molecular flexibility index (Phi) is 4.48. The second-order valence-electron chi connectivity index (χ2n) is 5.62. The zero-order valence-electron chi connectivity index (χ0n) is 13.4. The highest BCUT2D eigenvalue weighted by Crippen LogP contribution is 2.11. The molecule has 1 amide bonds. The van der Waals surface area contributed by atoms with Crippen LogP contribution in [0.4, 0.5) is 0 Å². The lowest BCUT2D eigenvalue weighted by Crippen LogP contribution is -2.32. The SMILES string of the molecule is Cn1c(=O)n(CC(=O)NCc2ccccc2CO)c2ccccc21. The van der Waals surface area contributed by atoms with Crippen LogP contribution in [0.25, 0.3) is 11.0 Å². The number of aliphatic hydroxyl groups is 1. The number of imidazole rings is 1. The molecule has 0 spiro atoms. The van der Waals surface area contributed by atoms with Crippen molar-refractivity contribution in [3.8, 4) is 0 Å². The van der Waals surface area contributed by atoms with Crippen LogP contribution < -0.4 is 11.0 Å². The molecule has 0 fully saturated rings. The summed E-state index contributed by atoms with van der Waals surface area (Å²) in [6.07, 6.45) is 0. The third kappa shape index (κ3) is 2.96. The van der Waals surface area contributed by atoms with Crippen molar-refractivity contribution in [2.24, 2.45) is 7.05 Å². The van der Waals surface area contributed by atoms with Gasteiger partial charge in [-0.05, 0) is 23.3 Å². The second-order valence-corrected chi connectivity index (χ2v) is 5.62.